The lowest BCUT2D eigenvalue weighted by molar-refractivity contribution is 0.576. The molecule has 80 valence electrons. The lowest BCUT2D eigenvalue weighted by atomic mass is 10.5. The van der Waals surface area contributed by atoms with Crippen LogP contribution in [0.5, 0.6) is 0 Å². The summed E-state index contributed by atoms with van der Waals surface area (Å²) in [6, 6.07) is 0. The van der Waals surface area contributed by atoms with Crippen LogP contribution in [0, 0.1) is 0 Å². The molecule has 0 spiro atoms. The maximum absolute atomic E-state index is 11.2. The molecule has 7 heteroatoms. The Kier molecular flexibility index (Phi) is 3.59. The summed E-state index contributed by atoms with van der Waals surface area (Å²) in [6.45, 7) is 2.28. The van der Waals surface area contributed by atoms with Crippen LogP contribution in [0.3, 0.4) is 0 Å². The topological polar surface area (TPSA) is 90.9 Å². The van der Waals surface area contributed by atoms with Crippen LogP contribution in [0.4, 0.5) is 0 Å². The Morgan fingerprint density at radius 2 is 2.29 bits per heavy atom. The first-order valence-corrected chi connectivity index (χ1v) is 6.19. The van der Waals surface area contributed by atoms with Crippen molar-refractivity contribution in [3.63, 3.8) is 0 Å². The maximum atomic E-state index is 11.2. The standard InChI is InChI=1S/C7H14N4O2S/c1-2-14(12,13)4-3-11-6-7(5-8)9-10-11/h6H,2-5,8H2,1H3. The van der Waals surface area contributed by atoms with Gasteiger partial charge in [-0.05, 0) is 0 Å². The number of rotatable bonds is 5. The Labute approximate surface area is 83.0 Å². The van der Waals surface area contributed by atoms with Gasteiger partial charge in [0, 0.05) is 18.5 Å². The molecule has 0 unspecified atom stereocenters. The van der Waals surface area contributed by atoms with E-state index >= 15 is 0 Å². The van der Waals surface area contributed by atoms with Crippen LogP contribution in [0.15, 0.2) is 6.20 Å². The predicted octanol–water partition coefficient (Wildman–Crippen LogP) is -0.828. The Morgan fingerprint density at radius 3 is 2.79 bits per heavy atom. The molecule has 0 aliphatic carbocycles. The molecule has 0 bridgehead atoms. The van der Waals surface area contributed by atoms with Crippen molar-refractivity contribution in [3.05, 3.63) is 11.9 Å². The quantitative estimate of drug-likeness (QED) is 0.696. The van der Waals surface area contributed by atoms with Crippen LogP contribution in [-0.4, -0.2) is 34.9 Å². The van der Waals surface area contributed by atoms with Gasteiger partial charge in [-0.2, -0.15) is 0 Å². The van der Waals surface area contributed by atoms with E-state index in [0.29, 0.717) is 18.8 Å². The fourth-order valence-corrected chi connectivity index (χ4v) is 1.67. The van der Waals surface area contributed by atoms with Gasteiger partial charge in [-0.15, -0.1) is 5.10 Å². The van der Waals surface area contributed by atoms with Gasteiger partial charge in [0.15, 0.2) is 9.84 Å². The van der Waals surface area contributed by atoms with Gasteiger partial charge in [-0.25, -0.2) is 8.42 Å². The van der Waals surface area contributed by atoms with Gasteiger partial charge in [0.25, 0.3) is 0 Å². The molecular formula is C7H14N4O2S. The van der Waals surface area contributed by atoms with E-state index in [0.717, 1.165) is 0 Å². The van der Waals surface area contributed by atoms with E-state index in [-0.39, 0.29) is 11.5 Å². The van der Waals surface area contributed by atoms with E-state index in [4.69, 9.17) is 5.73 Å². The van der Waals surface area contributed by atoms with E-state index in [2.05, 4.69) is 10.3 Å². The molecule has 0 amide bonds. The van der Waals surface area contributed by atoms with Crippen molar-refractivity contribution in [3.8, 4) is 0 Å². The Hall–Kier alpha value is -0.950. The molecule has 2 N–H and O–H groups in total. The molecule has 1 aromatic heterocycles. The smallest absolute Gasteiger partial charge is 0.151 e. The highest BCUT2D eigenvalue weighted by molar-refractivity contribution is 7.91. The molecule has 1 aromatic rings. The Bertz CT molecular complexity index is 384. The molecular weight excluding hydrogens is 204 g/mol. The summed E-state index contributed by atoms with van der Waals surface area (Å²) in [5.41, 5.74) is 6.00. The van der Waals surface area contributed by atoms with Gasteiger partial charge in [-0.3, -0.25) is 4.68 Å². The summed E-state index contributed by atoms with van der Waals surface area (Å²) >= 11 is 0. The molecule has 0 saturated heterocycles. The van der Waals surface area contributed by atoms with Crippen LogP contribution in [-0.2, 0) is 22.9 Å². The first-order chi connectivity index (χ1) is 6.57. The van der Waals surface area contributed by atoms with Crippen molar-refractivity contribution in [2.24, 2.45) is 5.73 Å². The molecule has 0 saturated carbocycles. The van der Waals surface area contributed by atoms with Crippen molar-refractivity contribution in [2.75, 3.05) is 11.5 Å². The normalized spacial score (nSPS) is 11.9. The third-order valence-corrected chi connectivity index (χ3v) is 3.55. The SMILES string of the molecule is CCS(=O)(=O)CCn1cc(CN)nn1. The van der Waals surface area contributed by atoms with Gasteiger partial charge >= 0.3 is 0 Å². The minimum atomic E-state index is -2.94. The van der Waals surface area contributed by atoms with Crippen molar-refractivity contribution in [1.29, 1.82) is 0 Å². The monoisotopic (exact) mass is 218 g/mol. The van der Waals surface area contributed by atoms with Crippen molar-refractivity contribution >= 4 is 9.84 Å². The van der Waals surface area contributed by atoms with Gasteiger partial charge in [0.1, 0.15) is 0 Å². The number of aromatic nitrogens is 3. The molecule has 0 fully saturated rings. The molecule has 14 heavy (non-hydrogen) atoms. The zero-order valence-electron chi connectivity index (χ0n) is 8.05. The summed E-state index contributed by atoms with van der Waals surface area (Å²) in [7, 11) is -2.94. The molecule has 0 aliphatic heterocycles. The fraction of sp³-hybridized carbons (Fsp3) is 0.714. The van der Waals surface area contributed by atoms with E-state index < -0.39 is 9.84 Å². The predicted molar refractivity (Wildman–Crippen MR) is 52.2 cm³/mol. The molecule has 6 nitrogen and oxygen atoms in total. The zero-order chi connectivity index (χ0) is 10.6. The minimum Gasteiger partial charge on any atom is -0.325 e. The number of aryl methyl sites for hydroxylation is 1. The third kappa shape index (κ3) is 3.08. The average molecular weight is 218 g/mol. The van der Waals surface area contributed by atoms with E-state index in [1.54, 1.807) is 13.1 Å². The second-order valence-electron chi connectivity index (χ2n) is 2.91. The molecule has 0 atom stereocenters. The number of sulfone groups is 1. The number of hydrogen-bond donors (Lipinski definition) is 1. The molecule has 0 aliphatic rings. The summed E-state index contributed by atoms with van der Waals surface area (Å²) in [4.78, 5) is 0. The lowest BCUT2D eigenvalue weighted by Crippen LogP contribution is -2.14. The Morgan fingerprint density at radius 1 is 1.57 bits per heavy atom. The van der Waals surface area contributed by atoms with Gasteiger partial charge in [0.05, 0.1) is 18.0 Å². The summed E-state index contributed by atoms with van der Waals surface area (Å²) in [5, 5.41) is 7.50. The third-order valence-electron chi connectivity index (χ3n) is 1.87. The van der Waals surface area contributed by atoms with E-state index in [1.165, 1.54) is 4.68 Å². The second-order valence-corrected chi connectivity index (χ2v) is 5.39. The van der Waals surface area contributed by atoms with Crippen molar-refractivity contribution in [2.45, 2.75) is 20.0 Å². The number of hydrogen-bond acceptors (Lipinski definition) is 5. The summed E-state index contributed by atoms with van der Waals surface area (Å²) < 4.78 is 23.8. The maximum Gasteiger partial charge on any atom is 0.151 e. The summed E-state index contributed by atoms with van der Waals surface area (Å²) in [6.07, 6.45) is 1.66. The first kappa shape index (κ1) is 11.1. The lowest BCUT2D eigenvalue weighted by Gasteiger charge is -1.99. The molecule has 0 radical (unpaired) electrons. The fourth-order valence-electron chi connectivity index (χ4n) is 0.918. The van der Waals surface area contributed by atoms with Crippen LogP contribution < -0.4 is 5.73 Å². The number of nitrogens with zero attached hydrogens (tertiary/aromatic N) is 3. The second kappa shape index (κ2) is 4.52. The average Bonchev–Trinajstić information content (AvgIpc) is 2.63. The minimum absolute atomic E-state index is 0.0941. The van der Waals surface area contributed by atoms with Crippen molar-refractivity contribution < 1.29 is 8.42 Å². The molecule has 1 heterocycles. The van der Waals surface area contributed by atoms with Gasteiger partial charge in [-0.1, -0.05) is 12.1 Å². The largest absolute Gasteiger partial charge is 0.325 e. The Balaban J connectivity index is 2.54. The van der Waals surface area contributed by atoms with E-state index in [9.17, 15) is 8.42 Å². The molecule has 0 aromatic carbocycles. The van der Waals surface area contributed by atoms with Crippen LogP contribution >= 0.6 is 0 Å². The summed E-state index contributed by atoms with van der Waals surface area (Å²) in [5.74, 6) is 0.252. The molecule has 1 rings (SSSR count). The first-order valence-electron chi connectivity index (χ1n) is 4.37. The van der Waals surface area contributed by atoms with Crippen LogP contribution in [0.25, 0.3) is 0 Å². The van der Waals surface area contributed by atoms with Gasteiger partial charge in [0.2, 0.25) is 0 Å². The highest BCUT2D eigenvalue weighted by Crippen LogP contribution is 1.94. The van der Waals surface area contributed by atoms with Crippen molar-refractivity contribution in [1.82, 2.24) is 15.0 Å². The van der Waals surface area contributed by atoms with Crippen LogP contribution in [0.2, 0.25) is 0 Å². The zero-order valence-corrected chi connectivity index (χ0v) is 8.87. The van der Waals surface area contributed by atoms with Crippen LogP contribution in [0.1, 0.15) is 12.6 Å². The highest BCUT2D eigenvalue weighted by Gasteiger charge is 2.08. The van der Waals surface area contributed by atoms with E-state index in [1.807, 2.05) is 0 Å². The van der Waals surface area contributed by atoms with Gasteiger partial charge < -0.3 is 5.73 Å². The highest BCUT2D eigenvalue weighted by atomic mass is 32.2. The number of nitrogens with two attached hydrogens (primary N) is 1.